The van der Waals surface area contributed by atoms with E-state index in [4.69, 9.17) is 5.11 Å². The maximum atomic E-state index is 12.2. The average Bonchev–Trinajstić information content (AvgIpc) is 2.83. The minimum atomic E-state index is -0.726. The van der Waals surface area contributed by atoms with Gasteiger partial charge in [0.1, 0.15) is 5.78 Å². The SMILES string of the molecule is CCCCCC=CC[C@H]1[C@H](CCCCCCCC(=O)O)C(=O)C[C@@H]1O. The highest BCUT2D eigenvalue weighted by molar-refractivity contribution is 5.84. The second kappa shape index (κ2) is 13.1. The van der Waals surface area contributed by atoms with Gasteiger partial charge in [-0.3, -0.25) is 9.59 Å². The highest BCUT2D eigenvalue weighted by Crippen LogP contribution is 2.35. The Morgan fingerprint density at radius 3 is 2.52 bits per heavy atom. The number of aliphatic hydroxyl groups is 1. The number of aliphatic hydroxyl groups excluding tert-OH is 1. The summed E-state index contributed by atoms with van der Waals surface area (Å²) in [6.07, 6.45) is 15.6. The summed E-state index contributed by atoms with van der Waals surface area (Å²) in [5.74, 6) is -0.407. The monoisotopic (exact) mass is 352 g/mol. The van der Waals surface area contributed by atoms with Crippen LogP contribution >= 0.6 is 0 Å². The van der Waals surface area contributed by atoms with Gasteiger partial charge in [0.25, 0.3) is 0 Å². The van der Waals surface area contributed by atoms with Gasteiger partial charge in [0.15, 0.2) is 0 Å². The van der Waals surface area contributed by atoms with E-state index in [1.165, 1.54) is 19.3 Å². The molecule has 4 heteroatoms. The summed E-state index contributed by atoms with van der Waals surface area (Å²) >= 11 is 0. The van der Waals surface area contributed by atoms with Crippen LogP contribution in [0.3, 0.4) is 0 Å². The van der Waals surface area contributed by atoms with Crippen LogP contribution in [0.2, 0.25) is 0 Å². The number of carboxylic acids is 1. The van der Waals surface area contributed by atoms with Crippen LogP contribution in [0.5, 0.6) is 0 Å². The van der Waals surface area contributed by atoms with E-state index in [0.29, 0.717) is 6.42 Å². The molecule has 0 aromatic carbocycles. The van der Waals surface area contributed by atoms with Crippen molar-refractivity contribution in [2.75, 3.05) is 0 Å². The van der Waals surface area contributed by atoms with Crippen molar-refractivity contribution in [3.63, 3.8) is 0 Å². The molecule has 0 amide bonds. The van der Waals surface area contributed by atoms with Crippen molar-refractivity contribution in [3.05, 3.63) is 12.2 Å². The first-order valence-corrected chi connectivity index (χ1v) is 10.1. The van der Waals surface area contributed by atoms with E-state index in [1.54, 1.807) is 0 Å². The molecule has 144 valence electrons. The van der Waals surface area contributed by atoms with E-state index < -0.39 is 12.1 Å². The lowest BCUT2D eigenvalue weighted by Gasteiger charge is -2.19. The zero-order chi connectivity index (χ0) is 18.5. The summed E-state index contributed by atoms with van der Waals surface area (Å²) in [5.41, 5.74) is 0. The van der Waals surface area contributed by atoms with Crippen molar-refractivity contribution in [1.29, 1.82) is 0 Å². The van der Waals surface area contributed by atoms with Gasteiger partial charge < -0.3 is 10.2 Å². The third kappa shape index (κ3) is 9.20. The van der Waals surface area contributed by atoms with E-state index in [0.717, 1.165) is 51.4 Å². The number of hydrogen-bond acceptors (Lipinski definition) is 3. The molecule has 0 aliphatic heterocycles. The van der Waals surface area contributed by atoms with E-state index in [-0.39, 0.29) is 24.0 Å². The van der Waals surface area contributed by atoms with Gasteiger partial charge in [-0.05, 0) is 38.0 Å². The smallest absolute Gasteiger partial charge is 0.303 e. The first-order chi connectivity index (χ1) is 12.1. The lowest BCUT2D eigenvalue weighted by molar-refractivity contribution is -0.137. The number of rotatable bonds is 14. The number of carbonyl (C=O) groups excluding carboxylic acids is 1. The zero-order valence-corrected chi connectivity index (χ0v) is 15.8. The second-order valence-electron chi connectivity index (χ2n) is 7.41. The Labute approximate surface area is 152 Å². The van der Waals surface area contributed by atoms with Crippen molar-refractivity contribution in [2.45, 2.75) is 96.5 Å². The minimum absolute atomic E-state index is 0.00862. The molecule has 1 rings (SSSR count). The molecule has 1 fully saturated rings. The Morgan fingerprint density at radius 1 is 1.08 bits per heavy atom. The van der Waals surface area contributed by atoms with Crippen LogP contribution in [0.15, 0.2) is 12.2 Å². The molecular weight excluding hydrogens is 316 g/mol. The van der Waals surface area contributed by atoms with Gasteiger partial charge in [-0.25, -0.2) is 0 Å². The van der Waals surface area contributed by atoms with Crippen LogP contribution in [-0.2, 0) is 9.59 Å². The summed E-state index contributed by atoms with van der Waals surface area (Å²) < 4.78 is 0. The van der Waals surface area contributed by atoms with E-state index in [1.807, 2.05) is 0 Å². The van der Waals surface area contributed by atoms with E-state index in [2.05, 4.69) is 19.1 Å². The van der Waals surface area contributed by atoms with E-state index in [9.17, 15) is 14.7 Å². The maximum absolute atomic E-state index is 12.2. The van der Waals surface area contributed by atoms with Crippen molar-refractivity contribution >= 4 is 11.8 Å². The number of hydrogen-bond donors (Lipinski definition) is 2. The molecular formula is C21H36O4. The van der Waals surface area contributed by atoms with E-state index >= 15 is 0 Å². The quantitative estimate of drug-likeness (QED) is 0.344. The van der Waals surface area contributed by atoms with Crippen molar-refractivity contribution in [3.8, 4) is 0 Å². The predicted molar refractivity (Wildman–Crippen MR) is 100 cm³/mol. The lowest BCUT2D eigenvalue weighted by Crippen LogP contribution is -2.20. The number of ketones is 1. The van der Waals surface area contributed by atoms with Crippen LogP contribution in [-0.4, -0.2) is 28.1 Å². The summed E-state index contributed by atoms with van der Waals surface area (Å²) in [4.78, 5) is 22.6. The van der Waals surface area contributed by atoms with Crippen molar-refractivity contribution < 1.29 is 19.8 Å². The molecule has 1 saturated carbocycles. The maximum Gasteiger partial charge on any atom is 0.303 e. The van der Waals surface area contributed by atoms with Crippen LogP contribution in [0, 0.1) is 11.8 Å². The van der Waals surface area contributed by atoms with Gasteiger partial charge in [-0.15, -0.1) is 0 Å². The predicted octanol–water partition coefficient (Wildman–Crippen LogP) is 4.89. The fourth-order valence-corrected chi connectivity index (χ4v) is 3.77. The number of aliphatic carboxylic acids is 1. The molecule has 1 aliphatic carbocycles. The lowest BCUT2D eigenvalue weighted by atomic mass is 9.86. The largest absolute Gasteiger partial charge is 0.481 e. The molecule has 1 aliphatic rings. The molecule has 2 N–H and O–H groups in total. The number of carbonyl (C=O) groups is 2. The van der Waals surface area contributed by atoms with Gasteiger partial charge in [0.2, 0.25) is 0 Å². The highest BCUT2D eigenvalue weighted by Gasteiger charge is 2.39. The fraction of sp³-hybridized carbons (Fsp3) is 0.810. The topological polar surface area (TPSA) is 74.6 Å². The molecule has 0 radical (unpaired) electrons. The van der Waals surface area contributed by atoms with Crippen LogP contribution in [0.1, 0.15) is 90.4 Å². The molecule has 0 aromatic rings. The molecule has 25 heavy (non-hydrogen) atoms. The zero-order valence-electron chi connectivity index (χ0n) is 15.8. The normalized spacial score (nSPS) is 23.6. The van der Waals surface area contributed by atoms with Gasteiger partial charge in [-0.1, -0.05) is 57.6 Å². The van der Waals surface area contributed by atoms with Gasteiger partial charge in [0.05, 0.1) is 6.10 Å². The fourth-order valence-electron chi connectivity index (χ4n) is 3.77. The van der Waals surface area contributed by atoms with Crippen molar-refractivity contribution in [2.24, 2.45) is 11.8 Å². The van der Waals surface area contributed by atoms with Crippen LogP contribution in [0.25, 0.3) is 0 Å². The number of unbranched alkanes of at least 4 members (excludes halogenated alkanes) is 7. The Kier molecular flexibility index (Phi) is 11.5. The molecule has 0 unspecified atom stereocenters. The van der Waals surface area contributed by atoms with Crippen LogP contribution < -0.4 is 0 Å². The highest BCUT2D eigenvalue weighted by atomic mass is 16.4. The van der Waals surface area contributed by atoms with Crippen LogP contribution in [0.4, 0.5) is 0 Å². The number of allylic oxidation sites excluding steroid dienone is 2. The Balaban J connectivity index is 2.24. The molecule has 0 aromatic heterocycles. The van der Waals surface area contributed by atoms with Gasteiger partial charge in [-0.2, -0.15) is 0 Å². The standard InChI is InChI=1S/C21H36O4/c1-2-3-4-5-7-10-13-17-18(20(23)16-19(17)22)14-11-8-6-9-12-15-21(24)25/h7,10,17-19,22H,2-6,8-9,11-16H2,1H3,(H,24,25)/t17-,18-,19-/m0/s1. The summed E-state index contributed by atoms with van der Waals surface area (Å²) in [7, 11) is 0. The summed E-state index contributed by atoms with van der Waals surface area (Å²) in [6.45, 7) is 2.20. The van der Waals surface area contributed by atoms with Gasteiger partial charge in [0, 0.05) is 18.8 Å². The molecule has 0 saturated heterocycles. The Hall–Kier alpha value is -1.16. The summed E-state index contributed by atoms with van der Waals surface area (Å²) in [6, 6.07) is 0. The van der Waals surface area contributed by atoms with Crippen molar-refractivity contribution in [1.82, 2.24) is 0 Å². The average molecular weight is 353 g/mol. The molecule has 0 spiro atoms. The second-order valence-corrected chi connectivity index (χ2v) is 7.41. The molecule has 3 atom stereocenters. The Bertz CT molecular complexity index is 416. The summed E-state index contributed by atoms with van der Waals surface area (Å²) in [5, 5.41) is 18.8. The first kappa shape index (κ1) is 21.9. The number of Topliss-reactive ketones (excluding diaryl/α,β-unsaturated/α-hetero) is 1. The first-order valence-electron chi connectivity index (χ1n) is 10.1. The minimum Gasteiger partial charge on any atom is -0.481 e. The molecule has 0 heterocycles. The third-order valence-corrected chi connectivity index (χ3v) is 5.29. The molecule has 0 bridgehead atoms. The molecule has 4 nitrogen and oxygen atoms in total. The Morgan fingerprint density at radius 2 is 1.80 bits per heavy atom. The third-order valence-electron chi connectivity index (χ3n) is 5.29. The number of carboxylic acid groups (broad SMARTS) is 1. The van der Waals surface area contributed by atoms with Gasteiger partial charge >= 0.3 is 5.97 Å².